The van der Waals surface area contributed by atoms with E-state index >= 15 is 0 Å². The van der Waals surface area contributed by atoms with E-state index in [1.165, 1.54) is 0 Å². The maximum Gasteiger partial charge on any atom is 0.287 e. The second-order valence-corrected chi connectivity index (χ2v) is 6.48. The minimum absolute atomic E-state index is 0.0937. The van der Waals surface area contributed by atoms with Crippen LogP contribution in [0.1, 0.15) is 46.0 Å². The van der Waals surface area contributed by atoms with Gasteiger partial charge in [0.05, 0.1) is 6.04 Å². The van der Waals surface area contributed by atoms with Crippen molar-refractivity contribution in [2.45, 2.75) is 33.4 Å². The molecule has 134 valence electrons. The van der Waals surface area contributed by atoms with E-state index in [0.717, 1.165) is 22.4 Å². The van der Waals surface area contributed by atoms with E-state index < -0.39 is 0 Å². The van der Waals surface area contributed by atoms with Gasteiger partial charge in [0.2, 0.25) is 0 Å². The fourth-order valence-corrected chi connectivity index (χ4v) is 2.84. The predicted octanol–water partition coefficient (Wildman–Crippen LogP) is 4.97. The van der Waals surface area contributed by atoms with E-state index in [0.29, 0.717) is 5.76 Å². The minimum Gasteiger partial charge on any atom is -0.486 e. The molecule has 0 aliphatic carbocycles. The van der Waals surface area contributed by atoms with Crippen molar-refractivity contribution < 1.29 is 13.9 Å². The Hall–Kier alpha value is -3.01. The molecule has 1 N–H and O–H groups in total. The van der Waals surface area contributed by atoms with Crippen molar-refractivity contribution in [2.75, 3.05) is 0 Å². The first-order valence-electron chi connectivity index (χ1n) is 8.67. The number of ether oxygens (including phenoxy) is 1. The zero-order valence-corrected chi connectivity index (χ0v) is 15.3. The number of rotatable bonds is 6. The van der Waals surface area contributed by atoms with Crippen LogP contribution in [0.4, 0.5) is 0 Å². The summed E-state index contributed by atoms with van der Waals surface area (Å²) in [5.74, 6) is 1.45. The highest BCUT2D eigenvalue weighted by molar-refractivity contribution is 5.91. The van der Waals surface area contributed by atoms with Gasteiger partial charge in [-0.25, -0.2) is 0 Å². The van der Waals surface area contributed by atoms with Crippen molar-refractivity contribution in [3.63, 3.8) is 0 Å². The Morgan fingerprint density at radius 1 is 1.04 bits per heavy atom. The summed E-state index contributed by atoms with van der Waals surface area (Å²) in [6.07, 6.45) is 0. The summed E-state index contributed by atoms with van der Waals surface area (Å²) < 4.78 is 11.4. The topological polar surface area (TPSA) is 51.5 Å². The van der Waals surface area contributed by atoms with Crippen LogP contribution in [0.2, 0.25) is 0 Å². The van der Waals surface area contributed by atoms with Crippen LogP contribution < -0.4 is 10.1 Å². The molecular weight excluding hydrogens is 326 g/mol. The number of aryl methyl sites for hydroxylation is 2. The van der Waals surface area contributed by atoms with Crippen LogP contribution in [-0.4, -0.2) is 5.91 Å². The summed E-state index contributed by atoms with van der Waals surface area (Å²) in [7, 11) is 0. The van der Waals surface area contributed by atoms with E-state index in [4.69, 9.17) is 9.15 Å². The summed E-state index contributed by atoms with van der Waals surface area (Å²) in [4.78, 5) is 12.4. The number of furan rings is 1. The van der Waals surface area contributed by atoms with Gasteiger partial charge < -0.3 is 14.5 Å². The van der Waals surface area contributed by atoms with Crippen molar-refractivity contribution in [3.8, 4) is 5.75 Å². The SMILES string of the molecule is Cc1cc(C)cc(OCc2ccc(C(=O)NC(C)c3ccccc3)o2)c1. The molecule has 4 heteroatoms. The Morgan fingerprint density at radius 2 is 1.73 bits per heavy atom. The van der Waals surface area contributed by atoms with Gasteiger partial charge in [0, 0.05) is 0 Å². The molecule has 3 rings (SSSR count). The molecule has 1 heterocycles. The van der Waals surface area contributed by atoms with Crippen molar-refractivity contribution in [1.29, 1.82) is 0 Å². The number of carbonyl (C=O) groups excluding carboxylic acids is 1. The lowest BCUT2D eigenvalue weighted by atomic mass is 10.1. The highest BCUT2D eigenvalue weighted by atomic mass is 16.5. The second-order valence-electron chi connectivity index (χ2n) is 6.48. The highest BCUT2D eigenvalue weighted by Crippen LogP contribution is 2.19. The van der Waals surface area contributed by atoms with Gasteiger partial charge in [-0.1, -0.05) is 36.4 Å². The third-order valence-electron chi connectivity index (χ3n) is 4.11. The fourth-order valence-electron chi connectivity index (χ4n) is 2.84. The Morgan fingerprint density at radius 3 is 2.42 bits per heavy atom. The largest absolute Gasteiger partial charge is 0.486 e. The molecule has 0 radical (unpaired) electrons. The fraction of sp³-hybridized carbons (Fsp3) is 0.227. The average molecular weight is 349 g/mol. The summed E-state index contributed by atoms with van der Waals surface area (Å²) in [6.45, 7) is 6.29. The zero-order chi connectivity index (χ0) is 18.5. The first kappa shape index (κ1) is 17.8. The van der Waals surface area contributed by atoms with E-state index in [-0.39, 0.29) is 24.3 Å². The first-order chi connectivity index (χ1) is 12.5. The van der Waals surface area contributed by atoms with Crippen molar-refractivity contribution in [2.24, 2.45) is 0 Å². The summed E-state index contributed by atoms with van der Waals surface area (Å²) in [5.41, 5.74) is 3.34. The Bertz CT molecular complexity index is 863. The molecule has 0 saturated carbocycles. The second kappa shape index (κ2) is 7.91. The van der Waals surface area contributed by atoms with Crippen LogP contribution in [-0.2, 0) is 6.61 Å². The lowest BCUT2D eigenvalue weighted by Crippen LogP contribution is -2.26. The Kier molecular flexibility index (Phi) is 5.42. The molecule has 2 aromatic carbocycles. The van der Waals surface area contributed by atoms with Gasteiger partial charge in [0.1, 0.15) is 18.1 Å². The Labute approximate surface area is 153 Å². The number of nitrogens with one attached hydrogen (secondary N) is 1. The molecule has 26 heavy (non-hydrogen) atoms. The van der Waals surface area contributed by atoms with Gasteiger partial charge in [-0.2, -0.15) is 0 Å². The molecular formula is C22H23NO3. The van der Waals surface area contributed by atoms with Crippen LogP contribution >= 0.6 is 0 Å². The third-order valence-corrected chi connectivity index (χ3v) is 4.11. The number of hydrogen-bond donors (Lipinski definition) is 1. The molecule has 0 aliphatic heterocycles. The van der Waals surface area contributed by atoms with Crippen LogP contribution in [0.5, 0.6) is 5.75 Å². The van der Waals surface area contributed by atoms with Crippen LogP contribution in [0.25, 0.3) is 0 Å². The van der Waals surface area contributed by atoms with E-state index in [2.05, 4.69) is 11.4 Å². The molecule has 1 atom stereocenters. The van der Waals surface area contributed by atoms with Gasteiger partial charge in [-0.3, -0.25) is 4.79 Å². The maximum absolute atomic E-state index is 12.4. The summed E-state index contributed by atoms with van der Waals surface area (Å²) in [5, 5.41) is 2.94. The van der Waals surface area contributed by atoms with Gasteiger partial charge >= 0.3 is 0 Å². The molecule has 0 bridgehead atoms. The summed E-state index contributed by atoms with van der Waals surface area (Å²) in [6, 6.07) is 19.2. The van der Waals surface area contributed by atoms with Crippen molar-refractivity contribution >= 4 is 5.91 Å². The van der Waals surface area contributed by atoms with Gasteiger partial charge in [-0.05, 0) is 61.7 Å². The standard InChI is InChI=1S/C22H23NO3/c1-15-11-16(2)13-20(12-15)25-14-19-9-10-21(26-19)22(24)23-17(3)18-7-5-4-6-8-18/h4-13,17H,14H2,1-3H3,(H,23,24). The number of hydrogen-bond acceptors (Lipinski definition) is 3. The predicted molar refractivity (Wildman–Crippen MR) is 101 cm³/mol. The van der Waals surface area contributed by atoms with Gasteiger partial charge in [0.25, 0.3) is 5.91 Å². The van der Waals surface area contributed by atoms with Gasteiger partial charge in [-0.15, -0.1) is 0 Å². The first-order valence-corrected chi connectivity index (χ1v) is 8.67. The third kappa shape index (κ3) is 4.54. The number of amides is 1. The van der Waals surface area contributed by atoms with Crippen LogP contribution in [0.15, 0.2) is 65.1 Å². The van der Waals surface area contributed by atoms with Crippen molar-refractivity contribution in [1.82, 2.24) is 5.32 Å². The maximum atomic E-state index is 12.4. The Balaban J connectivity index is 1.59. The molecule has 0 spiro atoms. The number of benzene rings is 2. The van der Waals surface area contributed by atoms with Crippen LogP contribution in [0, 0.1) is 13.8 Å². The van der Waals surface area contributed by atoms with E-state index in [1.54, 1.807) is 12.1 Å². The zero-order valence-electron chi connectivity index (χ0n) is 15.3. The van der Waals surface area contributed by atoms with Gasteiger partial charge in [0.15, 0.2) is 5.76 Å². The van der Waals surface area contributed by atoms with E-state index in [9.17, 15) is 4.79 Å². The van der Waals surface area contributed by atoms with E-state index in [1.807, 2.05) is 63.2 Å². The molecule has 1 aromatic heterocycles. The normalized spacial score (nSPS) is 11.8. The molecule has 0 fully saturated rings. The molecule has 4 nitrogen and oxygen atoms in total. The number of carbonyl (C=O) groups is 1. The quantitative estimate of drug-likeness (QED) is 0.684. The molecule has 0 aliphatic rings. The van der Waals surface area contributed by atoms with Crippen molar-refractivity contribution in [3.05, 3.63) is 88.9 Å². The smallest absolute Gasteiger partial charge is 0.287 e. The monoisotopic (exact) mass is 349 g/mol. The molecule has 1 unspecified atom stereocenters. The van der Waals surface area contributed by atoms with Crippen LogP contribution in [0.3, 0.4) is 0 Å². The lowest BCUT2D eigenvalue weighted by Gasteiger charge is -2.13. The average Bonchev–Trinajstić information content (AvgIpc) is 3.09. The molecule has 3 aromatic rings. The minimum atomic E-state index is -0.237. The summed E-state index contributed by atoms with van der Waals surface area (Å²) >= 11 is 0. The highest BCUT2D eigenvalue weighted by Gasteiger charge is 2.15. The lowest BCUT2D eigenvalue weighted by molar-refractivity contribution is 0.0907. The molecule has 0 saturated heterocycles. The molecule has 1 amide bonds.